The van der Waals surface area contributed by atoms with E-state index in [-0.39, 0.29) is 5.38 Å². The van der Waals surface area contributed by atoms with Gasteiger partial charge in [-0.3, -0.25) is 4.68 Å². The van der Waals surface area contributed by atoms with Crippen molar-refractivity contribution >= 4 is 23.2 Å². The summed E-state index contributed by atoms with van der Waals surface area (Å²) < 4.78 is 1.70. The standard InChI is InChI=1S/C10H17Cl2N3/c1-7(11)5-14(3)6-9-8(2)13-15(4)10(9)12/h7H,5-6H2,1-4H3. The molecule has 0 N–H and O–H groups in total. The minimum absolute atomic E-state index is 0.144. The van der Waals surface area contributed by atoms with Crippen LogP contribution >= 0.6 is 23.2 Å². The van der Waals surface area contributed by atoms with Gasteiger partial charge in [0, 0.05) is 31.1 Å². The molecule has 0 aromatic carbocycles. The third-order valence-corrected chi connectivity index (χ3v) is 2.87. The van der Waals surface area contributed by atoms with E-state index in [1.165, 1.54) is 0 Å². The molecule has 0 aliphatic heterocycles. The van der Waals surface area contributed by atoms with Crippen molar-refractivity contribution in [2.45, 2.75) is 25.8 Å². The predicted octanol–water partition coefficient (Wildman–Crippen LogP) is 2.44. The first-order chi connectivity index (χ1) is 6.91. The van der Waals surface area contributed by atoms with Gasteiger partial charge in [-0.05, 0) is 20.9 Å². The first kappa shape index (κ1) is 12.8. The molecule has 0 saturated carbocycles. The first-order valence-corrected chi connectivity index (χ1v) is 5.73. The molecule has 0 radical (unpaired) electrons. The molecular weight excluding hydrogens is 233 g/mol. The lowest BCUT2D eigenvalue weighted by Gasteiger charge is -2.17. The number of alkyl halides is 1. The first-order valence-electron chi connectivity index (χ1n) is 4.92. The zero-order valence-electron chi connectivity index (χ0n) is 9.59. The topological polar surface area (TPSA) is 21.1 Å². The van der Waals surface area contributed by atoms with Crippen molar-refractivity contribution in [2.24, 2.45) is 7.05 Å². The summed E-state index contributed by atoms with van der Waals surface area (Å²) in [5.74, 6) is 0. The lowest BCUT2D eigenvalue weighted by atomic mass is 10.2. The Kier molecular flexibility index (Phi) is 4.44. The van der Waals surface area contributed by atoms with Crippen molar-refractivity contribution in [3.8, 4) is 0 Å². The molecule has 1 rings (SSSR count). The van der Waals surface area contributed by atoms with E-state index in [4.69, 9.17) is 23.2 Å². The summed E-state index contributed by atoms with van der Waals surface area (Å²) in [4.78, 5) is 2.15. The summed E-state index contributed by atoms with van der Waals surface area (Å²) in [5, 5.41) is 5.12. The van der Waals surface area contributed by atoms with Crippen LogP contribution in [0.3, 0.4) is 0 Å². The van der Waals surface area contributed by atoms with E-state index in [0.29, 0.717) is 5.15 Å². The Bertz CT molecular complexity index is 334. The van der Waals surface area contributed by atoms with Crippen molar-refractivity contribution in [3.05, 3.63) is 16.4 Å². The van der Waals surface area contributed by atoms with E-state index in [1.54, 1.807) is 4.68 Å². The second-order valence-electron chi connectivity index (χ2n) is 3.96. The summed E-state index contributed by atoms with van der Waals surface area (Å²) in [5.41, 5.74) is 2.07. The Balaban J connectivity index is 2.71. The number of aryl methyl sites for hydroxylation is 2. The van der Waals surface area contributed by atoms with Crippen LogP contribution < -0.4 is 0 Å². The van der Waals surface area contributed by atoms with Crippen LogP contribution in [0.4, 0.5) is 0 Å². The van der Waals surface area contributed by atoms with E-state index >= 15 is 0 Å². The SMILES string of the molecule is Cc1nn(C)c(Cl)c1CN(C)CC(C)Cl. The molecule has 5 heteroatoms. The molecule has 86 valence electrons. The maximum atomic E-state index is 6.14. The Morgan fingerprint density at radius 2 is 2.13 bits per heavy atom. The van der Waals surface area contributed by atoms with Crippen molar-refractivity contribution in [2.75, 3.05) is 13.6 Å². The fourth-order valence-corrected chi connectivity index (χ4v) is 2.09. The second kappa shape index (κ2) is 5.19. The highest BCUT2D eigenvalue weighted by atomic mass is 35.5. The smallest absolute Gasteiger partial charge is 0.131 e. The van der Waals surface area contributed by atoms with Crippen LogP contribution in [0, 0.1) is 6.92 Å². The Hall–Kier alpha value is -0.250. The van der Waals surface area contributed by atoms with Crippen LogP contribution in [-0.2, 0) is 13.6 Å². The van der Waals surface area contributed by atoms with Gasteiger partial charge in [0.15, 0.2) is 0 Å². The molecule has 0 saturated heterocycles. The summed E-state index contributed by atoms with van der Waals surface area (Å²) in [6, 6.07) is 0. The minimum Gasteiger partial charge on any atom is -0.300 e. The third-order valence-electron chi connectivity index (χ3n) is 2.26. The van der Waals surface area contributed by atoms with Crippen molar-refractivity contribution in [3.63, 3.8) is 0 Å². The number of nitrogens with zero attached hydrogens (tertiary/aromatic N) is 3. The molecule has 0 fully saturated rings. The zero-order chi connectivity index (χ0) is 11.6. The van der Waals surface area contributed by atoms with E-state index in [0.717, 1.165) is 24.3 Å². The number of halogens is 2. The predicted molar refractivity (Wildman–Crippen MR) is 64.6 cm³/mol. The molecule has 1 aromatic rings. The van der Waals surface area contributed by atoms with Gasteiger partial charge in [-0.15, -0.1) is 11.6 Å². The molecule has 0 amide bonds. The highest BCUT2D eigenvalue weighted by molar-refractivity contribution is 6.30. The molecule has 15 heavy (non-hydrogen) atoms. The number of hydrogen-bond acceptors (Lipinski definition) is 2. The number of aromatic nitrogens is 2. The summed E-state index contributed by atoms with van der Waals surface area (Å²) in [6.45, 7) is 5.58. The molecule has 0 spiro atoms. The fraction of sp³-hybridized carbons (Fsp3) is 0.700. The number of hydrogen-bond donors (Lipinski definition) is 0. The van der Waals surface area contributed by atoms with Gasteiger partial charge in [-0.2, -0.15) is 5.10 Å². The van der Waals surface area contributed by atoms with Crippen LogP contribution in [-0.4, -0.2) is 33.6 Å². The van der Waals surface area contributed by atoms with Gasteiger partial charge in [-0.25, -0.2) is 0 Å². The monoisotopic (exact) mass is 249 g/mol. The lowest BCUT2D eigenvalue weighted by molar-refractivity contribution is 0.329. The van der Waals surface area contributed by atoms with E-state index in [9.17, 15) is 0 Å². The second-order valence-corrected chi connectivity index (χ2v) is 5.06. The third kappa shape index (κ3) is 3.37. The summed E-state index contributed by atoms with van der Waals surface area (Å²) in [7, 11) is 3.88. The maximum absolute atomic E-state index is 6.14. The van der Waals surface area contributed by atoms with E-state index in [1.807, 2.05) is 27.9 Å². The van der Waals surface area contributed by atoms with Gasteiger partial charge >= 0.3 is 0 Å². The Morgan fingerprint density at radius 1 is 1.53 bits per heavy atom. The van der Waals surface area contributed by atoms with Crippen LogP contribution in [0.2, 0.25) is 5.15 Å². The fourth-order valence-electron chi connectivity index (χ4n) is 1.62. The minimum atomic E-state index is 0.144. The molecule has 1 unspecified atom stereocenters. The average Bonchev–Trinajstić information content (AvgIpc) is 2.31. The van der Waals surface area contributed by atoms with Crippen LogP contribution in [0.25, 0.3) is 0 Å². The summed E-state index contributed by atoms with van der Waals surface area (Å²) in [6.07, 6.45) is 0. The highest BCUT2D eigenvalue weighted by Gasteiger charge is 2.13. The molecule has 1 heterocycles. The lowest BCUT2D eigenvalue weighted by Crippen LogP contribution is -2.24. The Morgan fingerprint density at radius 3 is 2.53 bits per heavy atom. The molecule has 0 aliphatic rings. The van der Waals surface area contributed by atoms with Gasteiger partial charge in [0.2, 0.25) is 0 Å². The maximum Gasteiger partial charge on any atom is 0.131 e. The van der Waals surface area contributed by atoms with Gasteiger partial charge < -0.3 is 4.90 Å². The van der Waals surface area contributed by atoms with Gasteiger partial charge in [-0.1, -0.05) is 11.6 Å². The van der Waals surface area contributed by atoms with Crippen molar-refractivity contribution < 1.29 is 0 Å². The molecule has 3 nitrogen and oxygen atoms in total. The van der Waals surface area contributed by atoms with Gasteiger partial charge in [0.05, 0.1) is 5.69 Å². The highest BCUT2D eigenvalue weighted by Crippen LogP contribution is 2.20. The van der Waals surface area contributed by atoms with Gasteiger partial charge in [0.1, 0.15) is 5.15 Å². The average molecular weight is 250 g/mol. The van der Waals surface area contributed by atoms with Crippen LogP contribution in [0.5, 0.6) is 0 Å². The molecule has 0 bridgehead atoms. The molecular formula is C10H17Cl2N3. The zero-order valence-corrected chi connectivity index (χ0v) is 11.1. The normalized spacial score (nSPS) is 13.5. The molecule has 0 aliphatic carbocycles. The van der Waals surface area contributed by atoms with Crippen molar-refractivity contribution in [1.29, 1.82) is 0 Å². The largest absolute Gasteiger partial charge is 0.300 e. The number of rotatable bonds is 4. The van der Waals surface area contributed by atoms with Crippen LogP contribution in [0.15, 0.2) is 0 Å². The van der Waals surface area contributed by atoms with Crippen LogP contribution in [0.1, 0.15) is 18.2 Å². The quantitative estimate of drug-likeness (QED) is 0.765. The van der Waals surface area contributed by atoms with Crippen molar-refractivity contribution in [1.82, 2.24) is 14.7 Å². The Labute approximate surface area is 101 Å². The molecule has 1 aromatic heterocycles. The molecule has 1 atom stereocenters. The van der Waals surface area contributed by atoms with E-state index < -0.39 is 0 Å². The summed E-state index contributed by atoms with van der Waals surface area (Å²) >= 11 is 12.1. The van der Waals surface area contributed by atoms with Gasteiger partial charge in [0.25, 0.3) is 0 Å². The van der Waals surface area contributed by atoms with E-state index in [2.05, 4.69) is 10.00 Å².